The van der Waals surface area contributed by atoms with E-state index in [1.165, 1.54) is 6.26 Å². The summed E-state index contributed by atoms with van der Waals surface area (Å²) in [5.41, 5.74) is 1.01. The average molecular weight is 378 g/mol. The molecule has 0 aromatic heterocycles. The van der Waals surface area contributed by atoms with Crippen LogP contribution in [0.2, 0.25) is 0 Å². The van der Waals surface area contributed by atoms with Crippen molar-refractivity contribution in [2.75, 3.05) is 25.9 Å². The zero-order valence-electron chi connectivity index (χ0n) is 15.2. The molecule has 0 atom stereocenters. The third-order valence-electron chi connectivity index (χ3n) is 5.74. The van der Waals surface area contributed by atoms with Crippen molar-refractivity contribution in [1.29, 1.82) is 0 Å². The predicted molar refractivity (Wildman–Crippen MR) is 98.4 cm³/mol. The Morgan fingerprint density at radius 3 is 2.38 bits per heavy atom. The highest BCUT2D eigenvalue weighted by molar-refractivity contribution is 7.90. The number of amides is 2. The van der Waals surface area contributed by atoms with Crippen molar-refractivity contribution in [3.8, 4) is 0 Å². The second-order valence-corrected chi connectivity index (χ2v) is 9.59. The molecule has 2 saturated heterocycles. The number of likely N-dealkylation sites (tertiary alicyclic amines) is 1. The van der Waals surface area contributed by atoms with Crippen LogP contribution in [0.25, 0.3) is 0 Å². The van der Waals surface area contributed by atoms with E-state index in [0.717, 1.165) is 50.9 Å². The number of nitrogens with one attached hydrogen (secondary N) is 1. The SMILES string of the molecule is CS(=O)(=O)c1ccc(CC(=O)N2CCC3(CCNC(=O)CC3)CC2)cc1. The molecule has 2 amide bonds. The van der Waals surface area contributed by atoms with Gasteiger partial charge in [0.2, 0.25) is 11.8 Å². The standard InChI is InChI=1S/C19H26N2O4S/c1-26(24,25)16-4-2-15(3-5-16)14-18(23)21-12-9-19(10-13-21)7-6-17(22)20-11-8-19/h2-5H,6-14H2,1H3,(H,20,22). The number of rotatable bonds is 3. The van der Waals surface area contributed by atoms with Crippen LogP contribution in [0.3, 0.4) is 0 Å². The Kier molecular flexibility index (Phi) is 5.37. The fraction of sp³-hybridized carbons (Fsp3) is 0.579. The highest BCUT2D eigenvalue weighted by Crippen LogP contribution is 2.40. The lowest BCUT2D eigenvalue weighted by atomic mass is 9.73. The van der Waals surface area contributed by atoms with E-state index >= 15 is 0 Å². The Morgan fingerprint density at radius 1 is 1.12 bits per heavy atom. The van der Waals surface area contributed by atoms with Crippen LogP contribution in [0.1, 0.15) is 37.7 Å². The summed E-state index contributed by atoms with van der Waals surface area (Å²) < 4.78 is 23.0. The quantitative estimate of drug-likeness (QED) is 0.865. The highest BCUT2D eigenvalue weighted by atomic mass is 32.2. The van der Waals surface area contributed by atoms with Crippen LogP contribution < -0.4 is 5.32 Å². The largest absolute Gasteiger partial charge is 0.356 e. The van der Waals surface area contributed by atoms with E-state index < -0.39 is 9.84 Å². The second kappa shape index (κ2) is 7.39. The third-order valence-corrected chi connectivity index (χ3v) is 6.87. The lowest BCUT2D eigenvalue weighted by molar-refractivity contribution is -0.133. The molecule has 0 bridgehead atoms. The normalized spacial score (nSPS) is 20.5. The van der Waals surface area contributed by atoms with Gasteiger partial charge in [-0.25, -0.2) is 8.42 Å². The molecular weight excluding hydrogens is 352 g/mol. The fourth-order valence-corrected chi connectivity index (χ4v) is 4.56. The van der Waals surface area contributed by atoms with Gasteiger partial charge in [-0.1, -0.05) is 12.1 Å². The number of carbonyl (C=O) groups is 2. The van der Waals surface area contributed by atoms with E-state index in [-0.39, 0.29) is 28.5 Å². The molecule has 2 aliphatic heterocycles. The second-order valence-electron chi connectivity index (χ2n) is 7.57. The maximum atomic E-state index is 12.6. The van der Waals surface area contributed by atoms with Crippen molar-refractivity contribution in [3.63, 3.8) is 0 Å². The predicted octanol–water partition coefficient (Wildman–Crippen LogP) is 1.54. The first kappa shape index (κ1) is 18.9. The van der Waals surface area contributed by atoms with E-state index in [9.17, 15) is 18.0 Å². The molecule has 2 aliphatic rings. The van der Waals surface area contributed by atoms with Crippen LogP contribution in [0, 0.1) is 5.41 Å². The molecule has 0 unspecified atom stereocenters. The number of carbonyl (C=O) groups excluding carboxylic acids is 2. The zero-order chi connectivity index (χ0) is 18.8. The molecule has 3 rings (SSSR count). The van der Waals surface area contributed by atoms with Crippen molar-refractivity contribution >= 4 is 21.7 Å². The van der Waals surface area contributed by atoms with Gasteiger partial charge in [-0.05, 0) is 48.8 Å². The molecule has 142 valence electrons. The summed E-state index contributed by atoms with van der Waals surface area (Å²) in [4.78, 5) is 26.3. The minimum atomic E-state index is -3.22. The molecule has 1 aromatic carbocycles. The maximum Gasteiger partial charge on any atom is 0.226 e. The Hall–Kier alpha value is -1.89. The molecule has 6 nitrogen and oxygen atoms in total. The Morgan fingerprint density at radius 2 is 1.77 bits per heavy atom. The molecule has 26 heavy (non-hydrogen) atoms. The van der Waals surface area contributed by atoms with Gasteiger partial charge in [0.15, 0.2) is 9.84 Å². The Balaban J connectivity index is 1.56. The molecule has 1 aromatic rings. The van der Waals surface area contributed by atoms with Gasteiger partial charge in [0.05, 0.1) is 11.3 Å². The number of piperidine rings is 1. The van der Waals surface area contributed by atoms with Crippen LogP contribution in [-0.2, 0) is 25.8 Å². The van der Waals surface area contributed by atoms with Crippen molar-refractivity contribution in [2.45, 2.75) is 43.4 Å². The van der Waals surface area contributed by atoms with Crippen molar-refractivity contribution in [3.05, 3.63) is 29.8 Å². The number of benzene rings is 1. The van der Waals surface area contributed by atoms with Crippen LogP contribution in [-0.4, -0.2) is 51.0 Å². The Labute approximate surface area is 154 Å². The van der Waals surface area contributed by atoms with Crippen molar-refractivity contribution < 1.29 is 18.0 Å². The maximum absolute atomic E-state index is 12.6. The summed E-state index contributed by atoms with van der Waals surface area (Å²) >= 11 is 0. The number of hydrogen-bond acceptors (Lipinski definition) is 4. The van der Waals surface area contributed by atoms with E-state index in [2.05, 4.69) is 5.32 Å². The highest BCUT2D eigenvalue weighted by Gasteiger charge is 2.37. The van der Waals surface area contributed by atoms with Gasteiger partial charge in [-0.2, -0.15) is 0 Å². The summed E-state index contributed by atoms with van der Waals surface area (Å²) in [5.74, 6) is 0.215. The molecule has 0 aliphatic carbocycles. The molecular formula is C19H26N2O4S. The Bertz CT molecular complexity index is 778. The number of hydrogen-bond donors (Lipinski definition) is 1. The molecule has 2 fully saturated rings. The van der Waals surface area contributed by atoms with Gasteiger partial charge in [0.25, 0.3) is 0 Å². The summed E-state index contributed by atoms with van der Waals surface area (Å²) in [7, 11) is -3.22. The summed E-state index contributed by atoms with van der Waals surface area (Å²) in [6.45, 7) is 2.20. The first-order chi connectivity index (χ1) is 12.3. The first-order valence-corrected chi connectivity index (χ1v) is 11.0. The minimum Gasteiger partial charge on any atom is -0.356 e. The van der Waals surface area contributed by atoms with Gasteiger partial charge >= 0.3 is 0 Å². The summed E-state index contributed by atoms with van der Waals surface area (Å²) in [6.07, 6.45) is 5.84. The third kappa shape index (κ3) is 4.44. The summed E-state index contributed by atoms with van der Waals surface area (Å²) in [6, 6.07) is 6.53. The lowest BCUT2D eigenvalue weighted by Gasteiger charge is -2.41. The zero-order valence-corrected chi connectivity index (χ0v) is 16.0. The van der Waals surface area contributed by atoms with Crippen molar-refractivity contribution in [1.82, 2.24) is 10.2 Å². The fourth-order valence-electron chi connectivity index (χ4n) is 3.93. The summed E-state index contributed by atoms with van der Waals surface area (Å²) in [5, 5.41) is 2.94. The van der Waals surface area contributed by atoms with Crippen LogP contribution >= 0.6 is 0 Å². The molecule has 1 N–H and O–H groups in total. The minimum absolute atomic E-state index is 0.0785. The lowest BCUT2D eigenvalue weighted by Crippen LogP contribution is -2.44. The number of nitrogens with zero attached hydrogens (tertiary/aromatic N) is 1. The number of sulfone groups is 1. The monoisotopic (exact) mass is 378 g/mol. The smallest absolute Gasteiger partial charge is 0.226 e. The van der Waals surface area contributed by atoms with Crippen LogP contribution in [0.5, 0.6) is 0 Å². The molecule has 2 heterocycles. The molecule has 1 spiro atoms. The average Bonchev–Trinajstić information content (AvgIpc) is 2.77. The van der Waals surface area contributed by atoms with Gasteiger partial charge < -0.3 is 10.2 Å². The van der Waals surface area contributed by atoms with Gasteiger partial charge in [-0.3, -0.25) is 9.59 Å². The van der Waals surface area contributed by atoms with Crippen LogP contribution in [0.15, 0.2) is 29.2 Å². The molecule has 0 saturated carbocycles. The molecule has 0 radical (unpaired) electrons. The van der Waals surface area contributed by atoms with Gasteiger partial charge in [-0.15, -0.1) is 0 Å². The molecule has 7 heteroatoms. The van der Waals surface area contributed by atoms with E-state index in [0.29, 0.717) is 6.42 Å². The van der Waals surface area contributed by atoms with Gasteiger partial charge in [0, 0.05) is 32.3 Å². The van der Waals surface area contributed by atoms with E-state index in [1.807, 2.05) is 4.90 Å². The topological polar surface area (TPSA) is 83.6 Å². The van der Waals surface area contributed by atoms with E-state index in [4.69, 9.17) is 0 Å². The van der Waals surface area contributed by atoms with E-state index in [1.54, 1.807) is 24.3 Å². The van der Waals surface area contributed by atoms with Crippen LogP contribution in [0.4, 0.5) is 0 Å². The van der Waals surface area contributed by atoms with Crippen molar-refractivity contribution in [2.24, 2.45) is 5.41 Å². The first-order valence-electron chi connectivity index (χ1n) is 9.11. The van der Waals surface area contributed by atoms with Gasteiger partial charge in [0.1, 0.15) is 0 Å².